The average molecular weight is 469 g/mol. The molecular formula is C29H40O5. The van der Waals surface area contributed by atoms with Gasteiger partial charge in [0.1, 0.15) is 11.5 Å². The molecule has 0 aliphatic carbocycles. The van der Waals surface area contributed by atoms with E-state index in [4.69, 9.17) is 18.9 Å². The molecule has 0 saturated carbocycles. The summed E-state index contributed by atoms with van der Waals surface area (Å²) in [5, 5.41) is 0. The van der Waals surface area contributed by atoms with Gasteiger partial charge in [0.25, 0.3) is 0 Å². The van der Waals surface area contributed by atoms with E-state index >= 15 is 0 Å². The monoisotopic (exact) mass is 468 g/mol. The van der Waals surface area contributed by atoms with Crippen molar-refractivity contribution < 1.29 is 23.7 Å². The minimum absolute atomic E-state index is 0.374. The summed E-state index contributed by atoms with van der Waals surface area (Å²) >= 11 is 0. The number of esters is 1. The zero-order valence-corrected chi connectivity index (χ0v) is 21.0. The number of carbonyl (C=O) groups is 1. The fourth-order valence-corrected chi connectivity index (χ4v) is 4.13. The van der Waals surface area contributed by atoms with Gasteiger partial charge in [-0.3, -0.25) is 0 Å². The molecular weight excluding hydrogens is 428 g/mol. The van der Waals surface area contributed by atoms with Crippen LogP contribution in [0.3, 0.4) is 0 Å². The van der Waals surface area contributed by atoms with Crippen molar-refractivity contribution in [1.29, 1.82) is 0 Å². The fraction of sp³-hybridized carbons (Fsp3) is 0.552. The standard InChI is InChI=1S/C29H40O5/c1-4-6-8-10-18-31-25-13-15-26(16-14-25)34-28(30)27-17-12-24(19-22(27)3)29-32-20-23(21-33-29)11-9-7-5-2/h12-17,19,23,29H,4-11,18,20-21H2,1-3H3. The smallest absolute Gasteiger partial charge is 0.343 e. The van der Waals surface area contributed by atoms with E-state index in [1.165, 1.54) is 38.5 Å². The molecule has 0 radical (unpaired) electrons. The molecule has 5 heteroatoms. The molecule has 34 heavy (non-hydrogen) atoms. The van der Waals surface area contributed by atoms with Crippen LogP contribution in [0, 0.1) is 12.8 Å². The number of hydrogen-bond donors (Lipinski definition) is 0. The van der Waals surface area contributed by atoms with Crippen LogP contribution in [-0.4, -0.2) is 25.8 Å². The van der Waals surface area contributed by atoms with E-state index in [1.807, 2.05) is 31.2 Å². The maximum Gasteiger partial charge on any atom is 0.343 e. The lowest BCUT2D eigenvalue weighted by Crippen LogP contribution is -2.27. The lowest BCUT2D eigenvalue weighted by Gasteiger charge is -2.30. The molecule has 1 aliphatic heterocycles. The van der Waals surface area contributed by atoms with Gasteiger partial charge in [-0.15, -0.1) is 0 Å². The first-order chi connectivity index (χ1) is 16.6. The van der Waals surface area contributed by atoms with Crippen molar-refractivity contribution in [2.75, 3.05) is 19.8 Å². The first-order valence-corrected chi connectivity index (χ1v) is 12.9. The van der Waals surface area contributed by atoms with Crippen LogP contribution in [0.15, 0.2) is 42.5 Å². The maximum absolute atomic E-state index is 12.7. The third kappa shape index (κ3) is 8.14. The van der Waals surface area contributed by atoms with E-state index in [0.29, 0.717) is 23.8 Å². The number of rotatable bonds is 13. The van der Waals surface area contributed by atoms with Gasteiger partial charge in [0.05, 0.1) is 25.4 Å². The van der Waals surface area contributed by atoms with Crippen molar-refractivity contribution >= 4 is 5.97 Å². The largest absolute Gasteiger partial charge is 0.494 e. The van der Waals surface area contributed by atoms with Gasteiger partial charge in [-0.05, 0) is 55.7 Å². The minimum Gasteiger partial charge on any atom is -0.494 e. The molecule has 2 aromatic rings. The lowest BCUT2D eigenvalue weighted by atomic mass is 10.0. The molecule has 2 aromatic carbocycles. The zero-order chi connectivity index (χ0) is 24.2. The molecule has 0 unspecified atom stereocenters. The van der Waals surface area contributed by atoms with Crippen molar-refractivity contribution in [2.45, 2.75) is 78.4 Å². The Morgan fingerprint density at radius 1 is 0.882 bits per heavy atom. The van der Waals surface area contributed by atoms with Gasteiger partial charge >= 0.3 is 5.97 Å². The Kier molecular flexibility index (Phi) is 10.9. The van der Waals surface area contributed by atoms with E-state index in [-0.39, 0.29) is 12.3 Å². The summed E-state index contributed by atoms with van der Waals surface area (Å²) < 4.78 is 23.3. The van der Waals surface area contributed by atoms with Crippen molar-refractivity contribution in [1.82, 2.24) is 0 Å². The van der Waals surface area contributed by atoms with Crippen molar-refractivity contribution in [3.8, 4) is 11.5 Å². The zero-order valence-electron chi connectivity index (χ0n) is 21.0. The van der Waals surface area contributed by atoms with Crippen LogP contribution < -0.4 is 9.47 Å². The second-order valence-electron chi connectivity index (χ2n) is 9.20. The summed E-state index contributed by atoms with van der Waals surface area (Å²) in [5.41, 5.74) is 2.31. The van der Waals surface area contributed by atoms with Crippen LogP contribution in [-0.2, 0) is 9.47 Å². The molecule has 0 atom stereocenters. The second-order valence-corrected chi connectivity index (χ2v) is 9.20. The van der Waals surface area contributed by atoms with E-state index in [0.717, 1.165) is 42.9 Å². The number of ether oxygens (including phenoxy) is 4. The number of benzene rings is 2. The molecule has 1 heterocycles. The second kappa shape index (κ2) is 14.1. The van der Waals surface area contributed by atoms with Crippen molar-refractivity contribution in [2.24, 2.45) is 5.92 Å². The first kappa shape index (κ1) is 26.2. The van der Waals surface area contributed by atoms with Crippen LogP contribution in [0.2, 0.25) is 0 Å². The molecule has 1 aliphatic rings. The number of aryl methyl sites for hydroxylation is 1. The number of hydrogen-bond acceptors (Lipinski definition) is 5. The Labute approximate surface area is 204 Å². The predicted molar refractivity (Wildman–Crippen MR) is 134 cm³/mol. The molecule has 0 spiro atoms. The first-order valence-electron chi connectivity index (χ1n) is 12.9. The Morgan fingerprint density at radius 3 is 2.24 bits per heavy atom. The minimum atomic E-state index is -0.376. The normalized spacial score (nSPS) is 18.0. The summed E-state index contributed by atoms with van der Waals surface area (Å²) in [6.45, 7) is 8.46. The van der Waals surface area contributed by atoms with Gasteiger partial charge in [-0.25, -0.2) is 4.79 Å². The number of unbranched alkanes of at least 4 members (excludes halogenated alkanes) is 5. The van der Waals surface area contributed by atoms with E-state index < -0.39 is 0 Å². The fourth-order valence-electron chi connectivity index (χ4n) is 4.13. The molecule has 186 valence electrons. The quantitative estimate of drug-likeness (QED) is 0.174. The maximum atomic E-state index is 12.7. The highest BCUT2D eigenvalue weighted by Crippen LogP contribution is 2.29. The van der Waals surface area contributed by atoms with E-state index in [2.05, 4.69) is 13.8 Å². The van der Waals surface area contributed by atoms with Crippen LogP contribution in [0.4, 0.5) is 0 Å². The molecule has 3 rings (SSSR count). The molecule has 0 N–H and O–H groups in total. The highest BCUT2D eigenvalue weighted by molar-refractivity contribution is 5.92. The highest BCUT2D eigenvalue weighted by atomic mass is 16.7. The molecule has 1 fully saturated rings. The van der Waals surface area contributed by atoms with E-state index in [9.17, 15) is 4.79 Å². The molecule has 0 amide bonds. The molecule has 0 bridgehead atoms. The van der Waals surface area contributed by atoms with Crippen LogP contribution in [0.25, 0.3) is 0 Å². The highest BCUT2D eigenvalue weighted by Gasteiger charge is 2.24. The Bertz CT molecular complexity index is 869. The van der Waals surface area contributed by atoms with Gasteiger partial charge in [0.2, 0.25) is 0 Å². The summed E-state index contributed by atoms with van der Waals surface area (Å²) in [5.74, 6) is 1.38. The predicted octanol–water partition coefficient (Wildman–Crippen LogP) is 7.42. The Hall–Kier alpha value is -2.37. The number of carbonyl (C=O) groups excluding carboxylic acids is 1. The molecule has 0 aromatic heterocycles. The summed E-state index contributed by atoms with van der Waals surface area (Å²) in [7, 11) is 0. The van der Waals surface area contributed by atoms with Crippen LogP contribution in [0.1, 0.15) is 93.0 Å². The van der Waals surface area contributed by atoms with Crippen molar-refractivity contribution in [3.05, 3.63) is 59.2 Å². The SMILES string of the molecule is CCCCCCOc1ccc(OC(=O)c2ccc(C3OCC(CCCCC)CO3)cc2C)cc1. The summed E-state index contributed by atoms with van der Waals surface area (Å²) in [4.78, 5) is 12.7. The third-order valence-electron chi connectivity index (χ3n) is 6.23. The Morgan fingerprint density at radius 2 is 1.56 bits per heavy atom. The average Bonchev–Trinajstić information content (AvgIpc) is 2.85. The Balaban J connectivity index is 1.48. The van der Waals surface area contributed by atoms with Gasteiger partial charge < -0.3 is 18.9 Å². The molecule has 5 nitrogen and oxygen atoms in total. The molecule has 1 saturated heterocycles. The van der Waals surface area contributed by atoms with Gasteiger partial charge in [0, 0.05) is 11.5 Å². The van der Waals surface area contributed by atoms with Gasteiger partial charge in [-0.2, -0.15) is 0 Å². The summed E-state index contributed by atoms with van der Waals surface area (Å²) in [6, 6.07) is 12.8. The van der Waals surface area contributed by atoms with Crippen LogP contribution in [0.5, 0.6) is 11.5 Å². The van der Waals surface area contributed by atoms with Gasteiger partial charge in [-0.1, -0.05) is 64.5 Å². The van der Waals surface area contributed by atoms with Gasteiger partial charge in [0.15, 0.2) is 6.29 Å². The van der Waals surface area contributed by atoms with Crippen LogP contribution >= 0.6 is 0 Å². The summed E-state index contributed by atoms with van der Waals surface area (Å²) in [6.07, 6.45) is 9.17. The lowest BCUT2D eigenvalue weighted by molar-refractivity contribution is -0.206. The third-order valence-corrected chi connectivity index (χ3v) is 6.23. The van der Waals surface area contributed by atoms with E-state index in [1.54, 1.807) is 18.2 Å². The van der Waals surface area contributed by atoms with Crippen molar-refractivity contribution in [3.63, 3.8) is 0 Å². The topological polar surface area (TPSA) is 54.0 Å².